The molecule has 2 aromatic carbocycles. The van der Waals surface area contributed by atoms with Gasteiger partial charge in [-0.05, 0) is 55.3 Å². The quantitative estimate of drug-likeness (QED) is 0.445. The number of hydrogen-bond donors (Lipinski definition) is 4. The number of anilines is 1. The van der Waals surface area contributed by atoms with Crippen molar-refractivity contribution in [2.24, 2.45) is 11.7 Å². The second kappa shape index (κ2) is 11.5. The molecule has 0 bridgehead atoms. The van der Waals surface area contributed by atoms with Crippen molar-refractivity contribution in [2.45, 2.75) is 26.8 Å². The number of carbonyl (C=O) groups is 4. The van der Waals surface area contributed by atoms with E-state index in [2.05, 4.69) is 16.0 Å². The molecule has 32 heavy (non-hydrogen) atoms. The van der Waals surface area contributed by atoms with Gasteiger partial charge in [0.05, 0.1) is 13.2 Å². The van der Waals surface area contributed by atoms with E-state index in [0.29, 0.717) is 23.6 Å². The molecule has 0 aromatic heterocycles. The molecule has 0 saturated carbocycles. The van der Waals surface area contributed by atoms with Crippen molar-refractivity contribution in [2.75, 3.05) is 18.5 Å². The second-order valence-electron chi connectivity index (χ2n) is 7.37. The van der Waals surface area contributed by atoms with E-state index in [1.807, 2.05) is 20.8 Å². The lowest BCUT2D eigenvalue weighted by Crippen LogP contribution is -2.47. The lowest BCUT2D eigenvalue weighted by Gasteiger charge is -2.22. The van der Waals surface area contributed by atoms with Crippen molar-refractivity contribution in [3.05, 3.63) is 59.7 Å². The number of nitrogens with one attached hydrogen (secondary N) is 3. The van der Waals surface area contributed by atoms with E-state index < -0.39 is 23.8 Å². The molecule has 0 saturated heterocycles. The smallest absolute Gasteiger partial charge is 0.251 e. The van der Waals surface area contributed by atoms with E-state index in [4.69, 9.17) is 10.5 Å². The predicted molar refractivity (Wildman–Crippen MR) is 120 cm³/mol. The molecule has 170 valence electrons. The zero-order chi connectivity index (χ0) is 23.7. The lowest BCUT2D eigenvalue weighted by atomic mass is 10.0. The number of amides is 4. The summed E-state index contributed by atoms with van der Waals surface area (Å²) >= 11 is 0. The minimum atomic E-state index is -0.804. The fraction of sp³-hybridized carbons (Fsp3) is 0.304. The van der Waals surface area contributed by atoms with Gasteiger partial charge in [-0.25, -0.2) is 0 Å². The fourth-order valence-corrected chi connectivity index (χ4v) is 2.86. The summed E-state index contributed by atoms with van der Waals surface area (Å²) in [5.74, 6) is -1.50. The van der Waals surface area contributed by atoms with Gasteiger partial charge in [-0.1, -0.05) is 19.9 Å². The summed E-state index contributed by atoms with van der Waals surface area (Å²) in [4.78, 5) is 48.4. The zero-order valence-corrected chi connectivity index (χ0v) is 18.3. The fourth-order valence-electron chi connectivity index (χ4n) is 2.86. The molecule has 2 aromatic rings. The maximum absolute atomic E-state index is 12.8. The summed E-state index contributed by atoms with van der Waals surface area (Å²) in [7, 11) is 0. The van der Waals surface area contributed by atoms with Crippen LogP contribution in [0, 0.1) is 5.92 Å². The standard InChI is InChI=1S/C23H28N4O5/c1-4-32-18-10-8-15(9-11-18)22(30)27-20(14(2)3)23(31)26-17-7-5-6-16(12-17)21(29)25-13-19(24)28/h5-12,14,20H,4,13H2,1-3H3,(H2,24,28)(H,25,29)(H,26,31)(H,27,30). The van der Waals surface area contributed by atoms with E-state index in [0.717, 1.165) is 0 Å². The van der Waals surface area contributed by atoms with Crippen LogP contribution in [0.2, 0.25) is 0 Å². The Morgan fingerprint density at radius 3 is 2.25 bits per heavy atom. The topological polar surface area (TPSA) is 140 Å². The molecule has 0 radical (unpaired) electrons. The first kappa shape index (κ1) is 24.4. The largest absolute Gasteiger partial charge is 0.494 e. The average Bonchev–Trinajstić information content (AvgIpc) is 2.76. The van der Waals surface area contributed by atoms with E-state index in [9.17, 15) is 19.2 Å². The third-order valence-electron chi connectivity index (χ3n) is 4.48. The zero-order valence-electron chi connectivity index (χ0n) is 18.3. The van der Waals surface area contributed by atoms with Crippen LogP contribution in [0.15, 0.2) is 48.5 Å². The van der Waals surface area contributed by atoms with Gasteiger partial charge in [-0.3, -0.25) is 19.2 Å². The molecule has 0 aliphatic heterocycles. The highest BCUT2D eigenvalue weighted by atomic mass is 16.5. The van der Waals surface area contributed by atoms with Crippen LogP contribution in [-0.4, -0.2) is 42.8 Å². The Balaban J connectivity index is 2.07. The minimum Gasteiger partial charge on any atom is -0.494 e. The van der Waals surface area contributed by atoms with Gasteiger partial charge in [0, 0.05) is 16.8 Å². The third kappa shape index (κ3) is 7.12. The van der Waals surface area contributed by atoms with Crippen LogP contribution < -0.4 is 26.4 Å². The van der Waals surface area contributed by atoms with Crippen molar-refractivity contribution >= 4 is 29.3 Å². The molecule has 0 fully saturated rings. The Hall–Kier alpha value is -3.88. The highest BCUT2D eigenvalue weighted by Crippen LogP contribution is 2.15. The first-order valence-corrected chi connectivity index (χ1v) is 10.2. The number of ether oxygens (including phenoxy) is 1. The maximum atomic E-state index is 12.8. The van der Waals surface area contributed by atoms with E-state index in [-0.39, 0.29) is 23.9 Å². The predicted octanol–water partition coefficient (Wildman–Crippen LogP) is 1.69. The minimum absolute atomic E-state index is 0.191. The molecule has 9 heteroatoms. The average molecular weight is 441 g/mol. The summed E-state index contributed by atoms with van der Waals surface area (Å²) in [5, 5.41) is 7.86. The highest BCUT2D eigenvalue weighted by Gasteiger charge is 2.25. The normalized spacial score (nSPS) is 11.4. The lowest BCUT2D eigenvalue weighted by molar-refractivity contribution is -0.119. The molecule has 2 rings (SSSR count). The molecular formula is C23H28N4O5. The maximum Gasteiger partial charge on any atom is 0.251 e. The molecule has 1 unspecified atom stereocenters. The number of benzene rings is 2. The molecule has 1 atom stereocenters. The van der Waals surface area contributed by atoms with E-state index in [1.165, 1.54) is 6.07 Å². The molecule has 4 amide bonds. The van der Waals surface area contributed by atoms with Crippen LogP contribution in [-0.2, 0) is 9.59 Å². The Labute approximate surface area is 186 Å². The number of hydrogen-bond acceptors (Lipinski definition) is 5. The summed E-state index contributed by atoms with van der Waals surface area (Å²) in [6, 6.07) is 12.1. The third-order valence-corrected chi connectivity index (χ3v) is 4.48. The van der Waals surface area contributed by atoms with Crippen molar-refractivity contribution in [3.63, 3.8) is 0 Å². The van der Waals surface area contributed by atoms with Gasteiger partial charge < -0.3 is 26.4 Å². The molecule has 0 aliphatic carbocycles. The van der Waals surface area contributed by atoms with Crippen LogP contribution >= 0.6 is 0 Å². The summed E-state index contributed by atoms with van der Waals surface area (Å²) in [6.45, 7) is 5.74. The van der Waals surface area contributed by atoms with Crippen molar-refractivity contribution in [1.82, 2.24) is 10.6 Å². The number of primary amides is 1. The van der Waals surface area contributed by atoms with Crippen molar-refractivity contribution in [1.29, 1.82) is 0 Å². The molecule has 9 nitrogen and oxygen atoms in total. The molecule has 0 spiro atoms. The van der Waals surface area contributed by atoms with E-state index in [1.54, 1.807) is 42.5 Å². The molecule has 0 aliphatic rings. The Bertz CT molecular complexity index is 973. The van der Waals surface area contributed by atoms with Gasteiger partial charge in [0.25, 0.3) is 11.8 Å². The van der Waals surface area contributed by atoms with Crippen LogP contribution in [0.1, 0.15) is 41.5 Å². The number of nitrogens with two attached hydrogens (primary N) is 1. The van der Waals surface area contributed by atoms with Gasteiger partial charge in [-0.2, -0.15) is 0 Å². The first-order chi connectivity index (χ1) is 15.2. The summed E-state index contributed by atoms with van der Waals surface area (Å²) < 4.78 is 5.37. The monoisotopic (exact) mass is 440 g/mol. The van der Waals surface area contributed by atoms with Crippen LogP contribution in [0.3, 0.4) is 0 Å². The highest BCUT2D eigenvalue weighted by molar-refractivity contribution is 6.02. The van der Waals surface area contributed by atoms with Gasteiger partial charge in [0.1, 0.15) is 11.8 Å². The second-order valence-corrected chi connectivity index (χ2v) is 7.37. The van der Waals surface area contributed by atoms with Crippen molar-refractivity contribution < 1.29 is 23.9 Å². The van der Waals surface area contributed by atoms with Gasteiger partial charge in [0.15, 0.2) is 0 Å². The van der Waals surface area contributed by atoms with Crippen LogP contribution in [0.5, 0.6) is 5.75 Å². The number of rotatable bonds is 10. The first-order valence-electron chi connectivity index (χ1n) is 10.2. The SMILES string of the molecule is CCOc1ccc(C(=O)NC(C(=O)Nc2cccc(C(=O)NCC(N)=O)c2)C(C)C)cc1. The summed E-state index contributed by atoms with van der Waals surface area (Å²) in [5.41, 5.74) is 6.06. The van der Waals surface area contributed by atoms with Crippen LogP contribution in [0.25, 0.3) is 0 Å². The number of carbonyl (C=O) groups excluding carboxylic acids is 4. The van der Waals surface area contributed by atoms with Gasteiger partial charge in [-0.15, -0.1) is 0 Å². The Morgan fingerprint density at radius 1 is 0.969 bits per heavy atom. The van der Waals surface area contributed by atoms with Crippen molar-refractivity contribution in [3.8, 4) is 5.75 Å². The van der Waals surface area contributed by atoms with E-state index >= 15 is 0 Å². The molecule has 5 N–H and O–H groups in total. The van der Waals surface area contributed by atoms with Crippen LogP contribution in [0.4, 0.5) is 5.69 Å². The Kier molecular flexibility index (Phi) is 8.76. The Morgan fingerprint density at radius 2 is 1.66 bits per heavy atom. The molecule has 0 heterocycles. The van der Waals surface area contributed by atoms with Gasteiger partial charge in [0.2, 0.25) is 11.8 Å². The van der Waals surface area contributed by atoms with Gasteiger partial charge >= 0.3 is 0 Å². The molecular weight excluding hydrogens is 412 g/mol. The summed E-state index contributed by atoms with van der Waals surface area (Å²) in [6.07, 6.45) is 0.